The summed E-state index contributed by atoms with van der Waals surface area (Å²) >= 11 is 0. The number of nitrogens with one attached hydrogen (secondary N) is 1. The number of carbonyl (C=O) groups excluding carboxylic acids is 1. The number of hydrogen-bond acceptors (Lipinski definition) is 6. The van der Waals surface area contributed by atoms with Crippen molar-refractivity contribution in [3.05, 3.63) is 72.3 Å². The maximum Gasteiger partial charge on any atom is 0.417 e. The van der Waals surface area contributed by atoms with Gasteiger partial charge in [-0.1, -0.05) is 18.2 Å². The molecule has 0 saturated carbocycles. The second-order valence-electron chi connectivity index (χ2n) is 9.47. The van der Waals surface area contributed by atoms with Crippen LogP contribution in [0.2, 0.25) is 0 Å². The smallest absolute Gasteiger partial charge is 0.410 e. The van der Waals surface area contributed by atoms with Crippen molar-refractivity contribution in [2.24, 2.45) is 0 Å². The summed E-state index contributed by atoms with van der Waals surface area (Å²) < 4.78 is 11.0. The highest BCUT2D eigenvalue weighted by Crippen LogP contribution is 2.30. The maximum atomic E-state index is 12.6. The molecular weight excluding hydrogens is 452 g/mol. The van der Waals surface area contributed by atoms with Crippen molar-refractivity contribution >= 4 is 23.2 Å². The molecule has 7 heteroatoms. The predicted octanol–water partition coefficient (Wildman–Crippen LogP) is 4.86. The van der Waals surface area contributed by atoms with Gasteiger partial charge >= 0.3 is 6.09 Å². The van der Waals surface area contributed by atoms with Gasteiger partial charge in [0, 0.05) is 56.3 Å². The van der Waals surface area contributed by atoms with E-state index in [0.717, 1.165) is 74.9 Å². The molecule has 0 spiro atoms. The average Bonchev–Trinajstić information content (AvgIpc) is 2.91. The van der Waals surface area contributed by atoms with Crippen molar-refractivity contribution in [2.75, 3.05) is 74.6 Å². The molecule has 2 aliphatic rings. The van der Waals surface area contributed by atoms with Gasteiger partial charge in [0.15, 0.2) is 0 Å². The van der Waals surface area contributed by atoms with Crippen molar-refractivity contribution in [1.82, 2.24) is 4.90 Å². The highest BCUT2D eigenvalue weighted by Gasteiger charge is 2.15. The highest BCUT2D eigenvalue weighted by atomic mass is 16.6. The van der Waals surface area contributed by atoms with Crippen LogP contribution in [0, 0.1) is 6.92 Å². The van der Waals surface area contributed by atoms with Crippen molar-refractivity contribution in [1.29, 1.82) is 0 Å². The summed E-state index contributed by atoms with van der Waals surface area (Å²) in [6.07, 6.45) is -0.505. The summed E-state index contributed by atoms with van der Waals surface area (Å²) in [6, 6.07) is 22.2. The first-order valence-electron chi connectivity index (χ1n) is 12.6. The summed E-state index contributed by atoms with van der Waals surface area (Å²) in [6.45, 7) is 9.57. The molecule has 0 radical (unpaired) electrons. The van der Waals surface area contributed by atoms with Crippen LogP contribution in [0.3, 0.4) is 0 Å². The second-order valence-corrected chi connectivity index (χ2v) is 9.47. The third kappa shape index (κ3) is 5.80. The zero-order valence-electron chi connectivity index (χ0n) is 21.1. The van der Waals surface area contributed by atoms with E-state index in [4.69, 9.17) is 9.47 Å². The minimum absolute atomic E-state index is 0.505. The number of aryl methyl sites for hydroxylation is 1. The van der Waals surface area contributed by atoms with E-state index in [-0.39, 0.29) is 0 Å². The number of piperazine rings is 1. The van der Waals surface area contributed by atoms with E-state index in [1.807, 2.05) is 42.5 Å². The van der Waals surface area contributed by atoms with E-state index in [0.29, 0.717) is 11.4 Å². The molecule has 0 unspecified atom stereocenters. The van der Waals surface area contributed by atoms with E-state index in [9.17, 15) is 4.79 Å². The molecule has 188 valence electrons. The van der Waals surface area contributed by atoms with E-state index in [1.54, 1.807) is 0 Å². The van der Waals surface area contributed by atoms with Gasteiger partial charge in [0.25, 0.3) is 0 Å². The fourth-order valence-corrected chi connectivity index (χ4v) is 4.72. The van der Waals surface area contributed by atoms with Gasteiger partial charge in [0.2, 0.25) is 0 Å². The lowest BCUT2D eigenvalue weighted by atomic mass is 10.00. The van der Waals surface area contributed by atoms with Gasteiger partial charge in [-0.05, 0) is 79.2 Å². The molecule has 2 heterocycles. The Hall–Kier alpha value is -3.55. The van der Waals surface area contributed by atoms with Crippen LogP contribution in [0.5, 0.6) is 5.75 Å². The average molecular weight is 487 g/mol. The molecule has 36 heavy (non-hydrogen) atoms. The minimum Gasteiger partial charge on any atom is -0.410 e. The van der Waals surface area contributed by atoms with Crippen LogP contribution in [0.1, 0.15) is 5.56 Å². The van der Waals surface area contributed by atoms with Gasteiger partial charge < -0.3 is 24.2 Å². The first-order valence-corrected chi connectivity index (χ1v) is 12.6. The summed E-state index contributed by atoms with van der Waals surface area (Å²) in [7, 11) is 2.17. The van der Waals surface area contributed by atoms with Gasteiger partial charge in [-0.15, -0.1) is 0 Å². The lowest BCUT2D eigenvalue weighted by molar-refractivity contribution is 0.122. The number of amides is 1. The standard InChI is InChI=1S/C29H34N4O3/c1-22-3-12-27(21-28(22)23-4-8-25(9-5-23)32-15-13-31(2)14-16-32)36-29(34)30-24-6-10-26(11-7-24)33-17-19-35-20-18-33/h3-12,21H,13-20H2,1-2H3,(H,30,34). The second kappa shape index (κ2) is 11.0. The minimum atomic E-state index is -0.505. The molecule has 2 aliphatic heterocycles. The number of morpholine rings is 1. The molecular formula is C29H34N4O3. The number of rotatable bonds is 5. The van der Waals surface area contributed by atoms with Crippen molar-refractivity contribution in [2.45, 2.75) is 6.92 Å². The number of likely N-dealkylation sites (N-methyl/N-ethyl adjacent to an activating group) is 1. The third-order valence-corrected chi connectivity index (χ3v) is 6.96. The molecule has 3 aromatic rings. The van der Waals surface area contributed by atoms with Gasteiger partial charge in [0.05, 0.1) is 13.2 Å². The largest absolute Gasteiger partial charge is 0.417 e. The third-order valence-electron chi connectivity index (χ3n) is 6.96. The Labute approximate surface area is 213 Å². The van der Waals surface area contributed by atoms with Gasteiger partial charge in [0.1, 0.15) is 5.75 Å². The number of benzene rings is 3. The molecule has 0 bridgehead atoms. The van der Waals surface area contributed by atoms with Crippen molar-refractivity contribution < 1.29 is 14.3 Å². The van der Waals surface area contributed by atoms with Crippen LogP contribution < -0.4 is 19.9 Å². The summed E-state index contributed by atoms with van der Waals surface area (Å²) in [5.41, 5.74) is 6.36. The van der Waals surface area contributed by atoms with Crippen molar-refractivity contribution in [3.8, 4) is 16.9 Å². The van der Waals surface area contributed by atoms with Crippen LogP contribution in [0.15, 0.2) is 66.7 Å². The zero-order chi connectivity index (χ0) is 24.9. The molecule has 0 aliphatic carbocycles. The fraction of sp³-hybridized carbons (Fsp3) is 0.345. The summed E-state index contributed by atoms with van der Waals surface area (Å²) in [5, 5.41) is 2.83. The van der Waals surface area contributed by atoms with Gasteiger partial charge in [-0.3, -0.25) is 5.32 Å². The van der Waals surface area contributed by atoms with Gasteiger partial charge in [-0.25, -0.2) is 4.79 Å². The molecule has 2 fully saturated rings. The van der Waals surface area contributed by atoms with E-state index < -0.39 is 6.09 Å². The first kappa shape index (κ1) is 24.2. The SMILES string of the molecule is Cc1ccc(OC(=O)Nc2ccc(N3CCOCC3)cc2)cc1-c1ccc(N2CCN(C)CC2)cc1. The Morgan fingerprint density at radius 1 is 0.806 bits per heavy atom. The van der Waals surface area contributed by atoms with Crippen LogP contribution in [0.4, 0.5) is 21.9 Å². The fourth-order valence-electron chi connectivity index (χ4n) is 4.72. The van der Waals surface area contributed by atoms with E-state index >= 15 is 0 Å². The topological polar surface area (TPSA) is 57.3 Å². The number of nitrogens with zero attached hydrogens (tertiary/aromatic N) is 3. The van der Waals surface area contributed by atoms with Crippen LogP contribution >= 0.6 is 0 Å². The highest BCUT2D eigenvalue weighted by molar-refractivity contribution is 5.87. The normalized spacial score (nSPS) is 16.6. The Morgan fingerprint density at radius 3 is 2.08 bits per heavy atom. The summed E-state index contributed by atoms with van der Waals surface area (Å²) in [4.78, 5) is 19.6. The molecule has 1 N–H and O–H groups in total. The van der Waals surface area contributed by atoms with Crippen molar-refractivity contribution in [3.63, 3.8) is 0 Å². The molecule has 3 aromatic carbocycles. The van der Waals surface area contributed by atoms with E-state index in [2.05, 4.69) is 58.3 Å². The van der Waals surface area contributed by atoms with E-state index in [1.165, 1.54) is 5.69 Å². The molecule has 1 amide bonds. The number of ether oxygens (including phenoxy) is 2. The Balaban J connectivity index is 1.22. The summed E-state index contributed by atoms with van der Waals surface area (Å²) in [5.74, 6) is 0.515. The van der Waals surface area contributed by atoms with Crippen LogP contribution in [-0.4, -0.2) is 70.5 Å². The quantitative estimate of drug-likeness (QED) is 0.556. The number of hydrogen-bond donors (Lipinski definition) is 1. The van der Waals surface area contributed by atoms with Crippen LogP contribution in [0.25, 0.3) is 11.1 Å². The zero-order valence-corrected chi connectivity index (χ0v) is 21.1. The molecule has 0 aromatic heterocycles. The molecule has 5 rings (SSSR count). The Kier molecular flexibility index (Phi) is 7.39. The number of carbonyl (C=O) groups is 1. The van der Waals surface area contributed by atoms with Crippen LogP contribution in [-0.2, 0) is 4.74 Å². The van der Waals surface area contributed by atoms with Gasteiger partial charge in [-0.2, -0.15) is 0 Å². The lowest BCUT2D eigenvalue weighted by Crippen LogP contribution is -2.44. The molecule has 2 saturated heterocycles. The first-order chi connectivity index (χ1) is 17.5. The Morgan fingerprint density at radius 2 is 1.42 bits per heavy atom. The predicted molar refractivity (Wildman–Crippen MR) is 145 cm³/mol. The maximum absolute atomic E-state index is 12.6. The molecule has 7 nitrogen and oxygen atoms in total. The monoisotopic (exact) mass is 486 g/mol. The number of anilines is 3. The Bertz CT molecular complexity index is 1170. The lowest BCUT2D eigenvalue weighted by Gasteiger charge is -2.34. The molecule has 0 atom stereocenters.